The highest BCUT2D eigenvalue weighted by Gasteiger charge is 1.95. The van der Waals surface area contributed by atoms with Gasteiger partial charge in [0.25, 0.3) is 0 Å². The first-order valence-corrected chi connectivity index (χ1v) is 5.45. The normalized spacial score (nSPS) is 10.5. The fourth-order valence-electron chi connectivity index (χ4n) is 1.12. The molecule has 17 heavy (non-hydrogen) atoms. The van der Waals surface area contributed by atoms with Crippen LogP contribution >= 0.6 is 0 Å². The lowest BCUT2D eigenvalue weighted by atomic mass is 10.2. The van der Waals surface area contributed by atoms with Gasteiger partial charge in [0.05, 0.1) is 0 Å². The van der Waals surface area contributed by atoms with Crippen LogP contribution in [-0.4, -0.2) is 0 Å². The van der Waals surface area contributed by atoms with Crippen LogP contribution in [-0.2, 0) is 16.4 Å². The summed E-state index contributed by atoms with van der Waals surface area (Å²) in [6.45, 7) is 11.8. The first-order chi connectivity index (χ1) is 8.08. The van der Waals surface area contributed by atoms with Crippen LogP contribution in [0.5, 0.6) is 0 Å². The van der Waals surface area contributed by atoms with Gasteiger partial charge in [-0.2, -0.15) is 4.89 Å². The average Bonchev–Trinajstić information content (AvgIpc) is 2.29. The van der Waals surface area contributed by atoms with Crippen molar-refractivity contribution in [3.05, 3.63) is 72.0 Å². The maximum absolute atomic E-state index is 5.07. The van der Waals surface area contributed by atoms with Crippen LogP contribution in [0.1, 0.15) is 18.1 Å². The topological polar surface area (TPSA) is 18.5 Å². The zero-order valence-electron chi connectivity index (χ0n) is 10.4. The van der Waals surface area contributed by atoms with E-state index in [1.165, 1.54) is 5.56 Å². The van der Waals surface area contributed by atoms with Crippen LogP contribution in [0.25, 0.3) is 0 Å². The molecule has 0 radical (unpaired) electrons. The SMILES string of the molecule is C=C(C)/C=C\C(=C)OOCc1ccc(C)cc1. The predicted molar refractivity (Wildman–Crippen MR) is 70.1 cm³/mol. The van der Waals surface area contributed by atoms with Gasteiger partial charge in [0.1, 0.15) is 6.61 Å². The van der Waals surface area contributed by atoms with Crippen LogP contribution in [0.3, 0.4) is 0 Å². The Kier molecular flexibility index (Phi) is 5.24. The van der Waals surface area contributed by atoms with E-state index in [1.54, 1.807) is 6.08 Å². The number of rotatable bonds is 6. The molecular formula is C15H18O2. The molecule has 1 aromatic carbocycles. The number of allylic oxidation sites excluding steroid dienone is 3. The quantitative estimate of drug-likeness (QED) is 0.317. The second kappa shape index (κ2) is 6.71. The lowest BCUT2D eigenvalue weighted by molar-refractivity contribution is -0.267. The number of hydrogen-bond donors (Lipinski definition) is 0. The summed E-state index contributed by atoms with van der Waals surface area (Å²) in [7, 11) is 0. The fraction of sp³-hybridized carbons (Fsp3) is 0.200. The summed E-state index contributed by atoms with van der Waals surface area (Å²) in [5.41, 5.74) is 3.23. The van der Waals surface area contributed by atoms with Crippen molar-refractivity contribution < 1.29 is 9.78 Å². The summed E-state index contributed by atoms with van der Waals surface area (Å²) < 4.78 is 0. The molecule has 0 saturated heterocycles. The van der Waals surface area contributed by atoms with Gasteiger partial charge in [-0.25, -0.2) is 0 Å². The maximum atomic E-state index is 5.07. The summed E-state index contributed by atoms with van der Waals surface area (Å²) >= 11 is 0. The minimum atomic E-state index is 0.403. The van der Waals surface area contributed by atoms with E-state index in [9.17, 15) is 0 Å². The van der Waals surface area contributed by atoms with Gasteiger partial charge in [0, 0.05) is 0 Å². The van der Waals surface area contributed by atoms with E-state index in [-0.39, 0.29) is 0 Å². The molecule has 2 heteroatoms. The Bertz CT molecular complexity index is 413. The molecule has 0 aliphatic rings. The van der Waals surface area contributed by atoms with E-state index in [1.807, 2.05) is 44.2 Å². The van der Waals surface area contributed by atoms with Gasteiger partial charge in [0.15, 0.2) is 5.76 Å². The van der Waals surface area contributed by atoms with Crippen LogP contribution in [0, 0.1) is 6.92 Å². The molecule has 0 amide bonds. The Balaban J connectivity index is 2.30. The third-order valence-corrected chi connectivity index (χ3v) is 2.07. The summed E-state index contributed by atoms with van der Waals surface area (Å²) in [4.78, 5) is 10.1. The van der Waals surface area contributed by atoms with Gasteiger partial charge in [-0.15, -0.1) is 0 Å². The molecule has 0 heterocycles. The molecule has 0 unspecified atom stereocenters. The van der Waals surface area contributed by atoms with E-state index in [0.717, 1.165) is 11.1 Å². The summed E-state index contributed by atoms with van der Waals surface area (Å²) in [5, 5.41) is 0. The Hall–Kier alpha value is -1.80. The lowest BCUT2D eigenvalue weighted by Crippen LogP contribution is -1.93. The highest BCUT2D eigenvalue weighted by Crippen LogP contribution is 2.07. The Morgan fingerprint density at radius 2 is 1.82 bits per heavy atom. The van der Waals surface area contributed by atoms with Crippen molar-refractivity contribution >= 4 is 0 Å². The van der Waals surface area contributed by atoms with Crippen LogP contribution < -0.4 is 0 Å². The maximum Gasteiger partial charge on any atom is 0.158 e. The summed E-state index contributed by atoms with van der Waals surface area (Å²) in [6.07, 6.45) is 3.54. The van der Waals surface area contributed by atoms with Crippen molar-refractivity contribution in [2.75, 3.05) is 0 Å². The monoisotopic (exact) mass is 230 g/mol. The molecule has 0 saturated carbocycles. The average molecular weight is 230 g/mol. The van der Waals surface area contributed by atoms with Crippen molar-refractivity contribution in [1.29, 1.82) is 0 Å². The Labute approximate surface area is 103 Å². The van der Waals surface area contributed by atoms with Crippen LogP contribution in [0.2, 0.25) is 0 Å². The van der Waals surface area contributed by atoms with E-state index < -0.39 is 0 Å². The third kappa shape index (κ3) is 5.73. The molecule has 1 aromatic rings. The van der Waals surface area contributed by atoms with Gasteiger partial charge in [-0.3, -0.25) is 0 Å². The van der Waals surface area contributed by atoms with Crippen molar-refractivity contribution in [2.45, 2.75) is 20.5 Å². The minimum absolute atomic E-state index is 0.403. The molecule has 2 nitrogen and oxygen atoms in total. The van der Waals surface area contributed by atoms with Crippen LogP contribution in [0.4, 0.5) is 0 Å². The van der Waals surface area contributed by atoms with Crippen LogP contribution in [0.15, 0.2) is 60.9 Å². The van der Waals surface area contributed by atoms with Gasteiger partial charge >= 0.3 is 0 Å². The van der Waals surface area contributed by atoms with E-state index >= 15 is 0 Å². The highest BCUT2D eigenvalue weighted by molar-refractivity contribution is 5.21. The zero-order chi connectivity index (χ0) is 12.7. The third-order valence-electron chi connectivity index (χ3n) is 2.07. The standard InChI is InChI=1S/C15H18O2/c1-12(2)5-8-14(4)17-16-11-15-9-6-13(3)7-10-15/h5-10H,1,4,11H2,2-3H3/b8-5-. The first-order valence-electron chi connectivity index (χ1n) is 5.45. The number of benzene rings is 1. The lowest BCUT2D eigenvalue weighted by Gasteiger charge is -2.04. The van der Waals surface area contributed by atoms with E-state index in [4.69, 9.17) is 9.78 Å². The molecule has 0 fully saturated rings. The van der Waals surface area contributed by atoms with E-state index in [0.29, 0.717) is 12.4 Å². The molecule has 1 rings (SSSR count). The smallest absolute Gasteiger partial charge is 0.158 e. The van der Waals surface area contributed by atoms with Gasteiger partial charge < -0.3 is 4.89 Å². The largest absolute Gasteiger partial charge is 0.338 e. The molecule has 0 aliphatic heterocycles. The first kappa shape index (κ1) is 13.3. The Morgan fingerprint density at radius 3 is 2.41 bits per heavy atom. The molecular weight excluding hydrogens is 212 g/mol. The van der Waals surface area contributed by atoms with Crippen molar-refractivity contribution in [2.24, 2.45) is 0 Å². The summed E-state index contributed by atoms with van der Waals surface area (Å²) in [5.74, 6) is 0.458. The summed E-state index contributed by atoms with van der Waals surface area (Å²) in [6, 6.07) is 8.08. The fourth-order valence-corrected chi connectivity index (χ4v) is 1.12. The molecule has 90 valence electrons. The second-order valence-electron chi connectivity index (χ2n) is 3.98. The molecule has 0 N–H and O–H groups in total. The van der Waals surface area contributed by atoms with Gasteiger partial charge in [-0.05, 0) is 25.5 Å². The molecule has 0 aliphatic carbocycles. The molecule has 0 spiro atoms. The molecule has 0 atom stereocenters. The molecule has 0 bridgehead atoms. The highest BCUT2D eigenvalue weighted by atomic mass is 17.2. The van der Waals surface area contributed by atoms with Crippen molar-refractivity contribution in [1.82, 2.24) is 0 Å². The number of hydrogen-bond acceptors (Lipinski definition) is 2. The Morgan fingerprint density at radius 1 is 1.18 bits per heavy atom. The number of aryl methyl sites for hydroxylation is 1. The second-order valence-corrected chi connectivity index (χ2v) is 3.98. The van der Waals surface area contributed by atoms with Crippen molar-refractivity contribution in [3.63, 3.8) is 0 Å². The predicted octanol–water partition coefficient (Wildman–Crippen LogP) is 4.09. The zero-order valence-corrected chi connectivity index (χ0v) is 10.4. The minimum Gasteiger partial charge on any atom is -0.338 e. The molecule has 0 aromatic heterocycles. The van der Waals surface area contributed by atoms with Crippen molar-refractivity contribution in [3.8, 4) is 0 Å². The van der Waals surface area contributed by atoms with E-state index in [2.05, 4.69) is 13.2 Å². The van der Waals surface area contributed by atoms with Gasteiger partial charge in [0.2, 0.25) is 0 Å². The van der Waals surface area contributed by atoms with Gasteiger partial charge in [-0.1, -0.05) is 54.6 Å².